The van der Waals surface area contributed by atoms with Crippen molar-refractivity contribution in [2.24, 2.45) is 0 Å². The maximum atomic E-state index is 5.35. The van der Waals surface area contributed by atoms with Crippen molar-refractivity contribution in [1.82, 2.24) is 5.32 Å². The highest BCUT2D eigenvalue weighted by Crippen LogP contribution is 2.34. The molecule has 0 bridgehead atoms. The highest BCUT2D eigenvalue weighted by molar-refractivity contribution is 7.12. The quantitative estimate of drug-likeness (QED) is 0.876. The molecule has 2 unspecified atom stereocenters. The van der Waals surface area contributed by atoms with Crippen molar-refractivity contribution in [1.29, 1.82) is 0 Å². The molecule has 0 amide bonds. The van der Waals surface area contributed by atoms with Crippen LogP contribution in [0.5, 0.6) is 5.75 Å². The van der Waals surface area contributed by atoms with E-state index < -0.39 is 0 Å². The molecule has 0 radical (unpaired) electrons. The van der Waals surface area contributed by atoms with Crippen LogP contribution in [-0.2, 0) is 6.42 Å². The lowest BCUT2D eigenvalue weighted by molar-refractivity contribution is 0.404. The molecular formula is C18H23NOS. The Kier molecular flexibility index (Phi) is 4.32. The van der Waals surface area contributed by atoms with E-state index in [0.29, 0.717) is 12.1 Å². The molecule has 1 aliphatic rings. The fourth-order valence-corrected chi connectivity index (χ4v) is 4.05. The van der Waals surface area contributed by atoms with Crippen LogP contribution in [0.25, 0.3) is 0 Å². The Morgan fingerprint density at radius 3 is 2.86 bits per heavy atom. The van der Waals surface area contributed by atoms with E-state index in [1.54, 1.807) is 7.11 Å². The molecule has 2 atom stereocenters. The van der Waals surface area contributed by atoms with Crippen LogP contribution >= 0.6 is 11.3 Å². The van der Waals surface area contributed by atoms with E-state index in [-0.39, 0.29) is 0 Å². The van der Waals surface area contributed by atoms with Crippen LogP contribution in [-0.4, -0.2) is 7.11 Å². The van der Waals surface area contributed by atoms with Gasteiger partial charge in [-0.05, 0) is 68.5 Å². The number of benzene rings is 1. The van der Waals surface area contributed by atoms with Gasteiger partial charge in [-0.1, -0.05) is 6.07 Å². The van der Waals surface area contributed by atoms with E-state index in [1.807, 2.05) is 11.3 Å². The highest BCUT2D eigenvalue weighted by Gasteiger charge is 2.22. The Labute approximate surface area is 131 Å². The predicted octanol–water partition coefficient (Wildman–Crippen LogP) is 4.79. The van der Waals surface area contributed by atoms with Gasteiger partial charge in [0.25, 0.3) is 0 Å². The zero-order valence-electron chi connectivity index (χ0n) is 13.0. The summed E-state index contributed by atoms with van der Waals surface area (Å²) in [6, 6.07) is 11.8. The Bertz CT molecular complexity index is 619. The minimum absolute atomic E-state index is 0.404. The topological polar surface area (TPSA) is 21.3 Å². The minimum atomic E-state index is 0.404. The molecule has 1 N–H and O–H groups in total. The van der Waals surface area contributed by atoms with Crippen LogP contribution in [0.1, 0.15) is 52.7 Å². The van der Waals surface area contributed by atoms with Crippen molar-refractivity contribution in [3.8, 4) is 5.75 Å². The van der Waals surface area contributed by atoms with Gasteiger partial charge in [-0.15, -0.1) is 11.3 Å². The molecule has 0 aliphatic heterocycles. The fourth-order valence-electron chi connectivity index (χ4n) is 3.16. The normalized spacial score (nSPS) is 19.1. The van der Waals surface area contributed by atoms with Gasteiger partial charge in [-0.2, -0.15) is 0 Å². The first kappa shape index (κ1) is 14.6. The second-order valence-electron chi connectivity index (χ2n) is 5.85. The molecule has 2 nitrogen and oxygen atoms in total. The molecule has 21 heavy (non-hydrogen) atoms. The van der Waals surface area contributed by atoms with Gasteiger partial charge in [0, 0.05) is 21.8 Å². The fraction of sp³-hybridized carbons (Fsp3) is 0.444. The van der Waals surface area contributed by atoms with E-state index in [9.17, 15) is 0 Å². The summed E-state index contributed by atoms with van der Waals surface area (Å²) in [6.07, 6.45) is 3.62. The molecule has 0 fully saturated rings. The molecule has 0 saturated carbocycles. The van der Waals surface area contributed by atoms with E-state index in [0.717, 1.165) is 12.2 Å². The smallest absolute Gasteiger partial charge is 0.119 e. The van der Waals surface area contributed by atoms with Gasteiger partial charge in [-0.25, -0.2) is 0 Å². The summed E-state index contributed by atoms with van der Waals surface area (Å²) in [4.78, 5) is 2.81. The van der Waals surface area contributed by atoms with E-state index in [2.05, 4.69) is 49.5 Å². The lowest BCUT2D eigenvalue weighted by Gasteiger charge is -2.29. The summed E-state index contributed by atoms with van der Waals surface area (Å²) < 4.78 is 5.35. The Hall–Kier alpha value is -1.32. The average Bonchev–Trinajstić information content (AvgIpc) is 2.93. The van der Waals surface area contributed by atoms with Crippen molar-refractivity contribution in [2.45, 2.75) is 45.2 Å². The molecule has 3 rings (SSSR count). The number of hydrogen-bond donors (Lipinski definition) is 1. The van der Waals surface area contributed by atoms with Crippen LogP contribution in [0.2, 0.25) is 0 Å². The Balaban J connectivity index is 1.78. The second-order valence-corrected chi connectivity index (χ2v) is 7.17. The summed E-state index contributed by atoms with van der Waals surface area (Å²) in [6.45, 7) is 4.44. The van der Waals surface area contributed by atoms with E-state index in [1.165, 1.54) is 33.7 Å². The zero-order valence-corrected chi connectivity index (χ0v) is 13.8. The van der Waals surface area contributed by atoms with Gasteiger partial charge in [-0.3, -0.25) is 0 Å². The Morgan fingerprint density at radius 2 is 2.14 bits per heavy atom. The molecule has 0 spiro atoms. The van der Waals surface area contributed by atoms with Crippen LogP contribution in [0, 0.1) is 6.92 Å². The number of rotatable bonds is 4. The van der Waals surface area contributed by atoms with Gasteiger partial charge < -0.3 is 10.1 Å². The van der Waals surface area contributed by atoms with Gasteiger partial charge in [0.05, 0.1) is 7.11 Å². The van der Waals surface area contributed by atoms with Crippen LogP contribution < -0.4 is 10.1 Å². The van der Waals surface area contributed by atoms with Crippen LogP contribution in [0.15, 0.2) is 30.3 Å². The highest BCUT2D eigenvalue weighted by atomic mass is 32.1. The lowest BCUT2D eigenvalue weighted by Crippen LogP contribution is -2.27. The predicted molar refractivity (Wildman–Crippen MR) is 89.3 cm³/mol. The minimum Gasteiger partial charge on any atom is -0.497 e. The molecule has 0 saturated heterocycles. The maximum absolute atomic E-state index is 5.35. The standard InChI is InChI=1S/C18H23NOS/c1-12-7-10-18(21-12)13(2)19-17-6-4-5-14-11-15(20-3)8-9-16(14)17/h7-11,13,17,19H,4-6H2,1-3H3. The van der Waals surface area contributed by atoms with Gasteiger partial charge in [0.15, 0.2) is 0 Å². The van der Waals surface area contributed by atoms with E-state index >= 15 is 0 Å². The first-order chi connectivity index (χ1) is 10.2. The number of aryl methyl sites for hydroxylation is 2. The first-order valence-corrected chi connectivity index (χ1v) is 8.48. The second kappa shape index (κ2) is 6.20. The molecule has 112 valence electrons. The summed E-state index contributed by atoms with van der Waals surface area (Å²) in [5, 5.41) is 3.81. The van der Waals surface area contributed by atoms with Gasteiger partial charge in [0.2, 0.25) is 0 Å². The maximum Gasteiger partial charge on any atom is 0.119 e. The zero-order chi connectivity index (χ0) is 14.8. The number of fused-ring (bicyclic) bond motifs is 1. The Morgan fingerprint density at radius 1 is 1.29 bits per heavy atom. The largest absolute Gasteiger partial charge is 0.497 e. The number of ether oxygens (including phenoxy) is 1. The lowest BCUT2D eigenvalue weighted by atomic mass is 9.87. The molecule has 1 heterocycles. The molecular weight excluding hydrogens is 278 g/mol. The van der Waals surface area contributed by atoms with Gasteiger partial charge >= 0.3 is 0 Å². The van der Waals surface area contributed by atoms with Crippen molar-refractivity contribution in [3.05, 3.63) is 51.2 Å². The molecule has 1 aromatic carbocycles. The summed E-state index contributed by atoms with van der Waals surface area (Å²) >= 11 is 1.89. The first-order valence-electron chi connectivity index (χ1n) is 7.66. The number of thiophene rings is 1. The number of nitrogens with one attached hydrogen (secondary N) is 1. The summed E-state index contributed by atoms with van der Waals surface area (Å²) in [5.41, 5.74) is 2.88. The third-order valence-electron chi connectivity index (χ3n) is 4.30. The average molecular weight is 301 g/mol. The summed E-state index contributed by atoms with van der Waals surface area (Å²) in [5.74, 6) is 0.969. The van der Waals surface area contributed by atoms with Crippen molar-refractivity contribution < 1.29 is 4.74 Å². The van der Waals surface area contributed by atoms with E-state index in [4.69, 9.17) is 4.74 Å². The van der Waals surface area contributed by atoms with Crippen LogP contribution in [0.3, 0.4) is 0 Å². The number of methoxy groups -OCH3 is 1. The molecule has 1 aliphatic carbocycles. The monoisotopic (exact) mass is 301 g/mol. The van der Waals surface area contributed by atoms with Crippen molar-refractivity contribution >= 4 is 11.3 Å². The number of hydrogen-bond acceptors (Lipinski definition) is 3. The van der Waals surface area contributed by atoms with Crippen LogP contribution in [0.4, 0.5) is 0 Å². The molecule has 1 aromatic heterocycles. The van der Waals surface area contributed by atoms with Crippen molar-refractivity contribution in [2.75, 3.05) is 7.11 Å². The summed E-state index contributed by atoms with van der Waals surface area (Å²) in [7, 11) is 1.74. The molecule has 3 heteroatoms. The van der Waals surface area contributed by atoms with Crippen molar-refractivity contribution in [3.63, 3.8) is 0 Å². The van der Waals surface area contributed by atoms with Gasteiger partial charge in [0.1, 0.15) is 5.75 Å². The SMILES string of the molecule is COc1ccc2c(c1)CCCC2NC(C)c1ccc(C)s1. The molecule has 2 aromatic rings. The third-order valence-corrected chi connectivity index (χ3v) is 5.49. The third kappa shape index (κ3) is 3.14.